The Bertz CT molecular complexity index is 348. The molecule has 2 fully saturated rings. The monoisotopic (exact) mass is 281 g/mol. The lowest BCUT2D eigenvalue weighted by molar-refractivity contribution is -0.143. The lowest BCUT2D eigenvalue weighted by Gasteiger charge is -2.39. The Balaban J connectivity index is 2.07. The molecule has 1 aliphatic heterocycles. The highest BCUT2D eigenvalue weighted by Gasteiger charge is 2.45. The van der Waals surface area contributed by atoms with Gasteiger partial charge in [-0.05, 0) is 51.6 Å². The zero-order valence-corrected chi connectivity index (χ0v) is 13.6. The van der Waals surface area contributed by atoms with Gasteiger partial charge < -0.3 is 15.5 Å². The zero-order valence-electron chi connectivity index (χ0n) is 13.6. The number of likely N-dealkylation sites (N-methyl/N-ethyl adjacent to an activating group) is 1. The number of nitrogens with two attached hydrogens (primary N) is 1. The molecular formula is C16H31N3O. The Labute approximate surface area is 123 Å². The Morgan fingerprint density at radius 1 is 1.25 bits per heavy atom. The van der Waals surface area contributed by atoms with Crippen molar-refractivity contribution in [2.24, 2.45) is 23.0 Å². The van der Waals surface area contributed by atoms with Crippen molar-refractivity contribution in [3.8, 4) is 0 Å². The van der Waals surface area contributed by atoms with Gasteiger partial charge in [0.2, 0.25) is 5.91 Å². The third-order valence-electron chi connectivity index (χ3n) is 5.60. The van der Waals surface area contributed by atoms with Gasteiger partial charge in [0.25, 0.3) is 0 Å². The van der Waals surface area contributed by atoms with Crippen molar-refractivity contribution in [3.63, 3.8) is 0 Å². The number of carbonyl (C=O) groups is 1. The van der Waals surface area contributed by atoms with E-state index in [1.165, 1.54) is 0 Å². The van der Waals surface area contributed by atoms with Crippen molar-refractivity contribution in [2.75, 3.05) is 33.7 Å². The SMILES string of the molecule is CC1CCC(CN)(C(=O)N2CC(C)C(N(C)C)C2)CC1. The number of carbonyl (C=O) groups excluding carboxylic acids is 1. The molecule has 0 aromatic rings. The summed E-state index contributed by atoms with van der Waals surface area (Å²) in [6, 6.07) is 0.483. The minimum Gasteiger partial charge on any atom is -0.340 e. The zero-order chi connectivity index (χ0) is 14.9. The van der Waals surface area contributed by atoms with E-state index in [0.29, 0.717) is 24.4 Å². The lowest BCUT2D eigenvalue weighted by Crippen LogP contribution is -2.49. The summed E-state index contributed by atoms with van der Waals surface area (Å²) in [7, 11) is 4.21. The fourth-order valence-electron chi connectivity index (χ4n) is 3.94. The largest absolute Gasteiger partial charge is 0.340 e. The maximum Gasteiger partial charge on any atom is 0.230 e. The normalized spacial score (nSPS) is 38.5. The van der Waals surface area contributed by atoms with E-state index in [1.54, 1.807) is 0 Å². The Morgan fingerprint density at radius 2 is 1.85 bits per heavy atom. The highest BCUT2D eigenvalue weighted by molar-refractivity contribution is 5.83. The molecule has 4 heteroatoms. The molecule has 0 bridgehead atoms. The first-order valence-electron chi connectivity index (χ1n) is 8.05. The van der Waals surface area contributed by atoms with E-state index in [-0.39, 0.29) is 5.41 Å². The molecule has 2 rings (SSSR count). The maximum atomic E-state index is 13.0. The average Bonchev–Trinajstić information content (AvgIpc) is 2.81. The maximum absolute atomic E-state index is 13.0. The second-order valence-corrected chi connectivity index (χ2v) is 7.39. The van der Waals surface area contributed by atoms with Crippen LogP contribution in [0.25, 0.3) is 0 Å². The smallest absolute Gasteiger partial charge is 0.230 e. The molecule has 0 aromatic heterocycles. The van der Waals surface area contributed by atoms with E-state index in [1.807, 2.05) is 0 Å². The molecule has 2 N–H and O–H groups in total. The Kier molecular flexibility index (Phi) is 4.75. The third kappa shape index (κ3) is 2.86. The summed E-state index contributed by atoms with van der Waals surface area (Å²) in [6.45, 7) is 6.79. The molecule has 0 radical (unpaired) electrons. The number of likely N-dealkylation sites (tertiary alicyclic amines) is 1. The predicted molar refractivity (Wildman–Crippen MR) is 82.3 cm³/mol. The van der Waals surface area contributed by atoms with Crippen LogP contribution in [0.3, 0.4) is 0 Å². The van der Waals surface area contributed by atoms with Crippen LogP contribution in [0, 0.1) is 17.3 Å². The number of nitrogens with zero attached hydrogens (tertiary/aromatic N) is 2. The summed E-state index contributed by atoms with van der Waals surface area (Å²) < 4.78 is 0. The topological polar surface area (TPSA) is 49.6 Å². The minimum atomic E-state index is -0.270. The number of hydrogen-bond acceptors (Lipinski definition) is 3. The standard InChI is InChI=1S/C16H31N3O/c1-12-5-7-16(11-17,8-6-12)15(20)19-9-13(2)14(10-19)18(3)4/h12-14H,5-11,17H2,1-4H3. The second kappa shape index (κ2) is 6.02. The van der Waals surface area contributed by atoms with E-state index in [2.05, 4.69) is 37.7 Å². The van der Waals surface area contributed by atoms with Crippen LogP contribution >= 0.6 is 0 Å². The molecule has 116 valence electrons. The summed E-state index contributed by atoms with van der Waals surface area (Å²) in [4.78, 5) is 17.3. The van der Waals surface area contributed by atoms with Crippen LogP contribution < -0.4 is 5.73 Å². The van der Waals surface area contributed by atoms with Crippen LogP contribution in [-0.4, -0.2) is 55.5 Å². The molecule has 0 spiro atoms. The van der Waals surface area contributed by atoms with Gasteiger partial charge in [-0.1, -0.05) is 13.8 Å². The number of amides is 1. The summed E-state index contributed by atoms with van der Waals surface area (Å²) in [5, 5.41) is 0. The van der Waals surface area contributed by atoms with Crippen molar-refractivity contribution in [1.82, 2.24) is 9.80 Å². The molecule has 1 saturated heterocycles. The minimum absolute atomic E-state index is 0.270. The third-order valence-corrected chi connectivity index (χ3v) is 5.60. The van der Waals surface area contributed by atoms with E-state index in [9.17, 15) is 4.79 Å². The van der Waals surface area contributed by atoms with Gasteiger partial charge in [-0.3, -0.25) is 4.79 Å². The highest BCUT2D eigenvalue weighted by atomic mass is 16.2. The first-order chi connectivity index (χ1) is 9.39. The van der Waals surface area contributed by atoms with E-state index < -0.39 is 0 Å². The molecule has 1 saturated carbocycles. The molecule has 20 heavy (non-hydrogen) atoms. The molecule has 2 unspecified atom stereocenters. The first kappa shape index (κ1) is 15.8. The predicted octanol–water partition coefficient (Wildman–Crippen LogP) is 1.55. The molecule has 2 aliphatic rings. The number of rotatable bonds is 3. The van der Waals surface area contributed by atoms with Crippen LogP contribution in [0.15, 0.2) is 0 Å². The number of hydrogen-bond donors (Lipinski definition) is 1. The van der Waals surface area contributed by atoms with E-state index in [0.717, 1.165) is 44.7 Å². The summed E-state index contributed by atoms with van der Waals surface area (Å²) in [5.41, 5.74) is 5.75. The summed E-state index contributed by atoms with van der Waals surface area (Å²) in [5.74, 6) is 1.61. The van der Waals surface area contributed by atoms with Gasteiger partial charge >= 0.3 is 0 Å². The lowest BCUT2D eigenvalue weighted by atomic mass is 9.70. The van der Waals surface area contributed by atoms with Crippen LogP contribution in [0.5, 0.6) is 0 Å². The highest BCUT2D eigenvalue weighted by Crippen LogP contribution is 2.40. The summed E-state index contributed by atoms with van der Waals surface area (Å²) >= 11 is 0. The summed E-state index contributed by atoms with van der Waals surface area (Å²) in [6.07, 6.45) is 4.23. The van der Waals surface area contributed by atoms with Crippen molar-refractivity contribution >= 4 is 5.91 Å². The van der Waals surface area contributed by atoms with Gasteiger partial charge in [0.15, 0.2) is 0 Å². The Morgan fingerprint density at radius 3 is 2.30 bits per heavy atom. The quantitative estimate of drug-likeness (QED) is 0.854. The van der Waals surface area contributed by atoms with Gasteiger partial charge in [-0.15, -0.1) is 0 Å². The molecule has 2 atom stereocenters. The van der Waals surface area contributed by atoms with Gasteiger partial charge in [0.1, 0.15) is 0 Å². The fraction of sp³-hybridized carbons (Fsp3) is 0.938. The molecular weight excluding hydrogens is 250 g/mol. The molecule has 1 amide bonds. The van der Waals surface area contributed by atoms with Crippen LogP contribution in [0.4, 0.5) is 0 Å². The fourth-order valence-corrected chi connectivity index (χ4v) is 3.94. The van der Waals surface area contributed by atoms with Crippen LogP contribution in [0.2, 0.25) is 0 Å². The van der Waals surface area contributed by atoms with Crippen molar-refractivity contribution in [3.05, 3.63) is 0 Å². The average molecular weight is 281 g/mol. The van der Waals surface area contributed by atoms with Gasteiger partial charge in [0.05, 0.1) is 5.41 Å². The molecule has 1 aliphatic carbocycles. The molecule has 4 nitrogen and oxygen atoms in total. The van der Waals surface area contributed by atoms with Crippen LogP contribution in [-0.2, 0) is 4.79 Å². The molecule has 0 aromatic carbocycles. The van der Waals surface area contributed by atoms with Crippen molar-refractivity contribution in [2.45, 2.75) is 45.6 Å². The van der Waals surface area contributed by atoms with E-state index in [4.69, 9.17) is 5.73 Å². The van der Waals surface area contributed by atoms with Crippen LogP contribution in [0.1, 0.15) is 39.5 Å². The van der Waals surface area contributed by atoms with Gasteiger partial charge in [-0.25, -0.2) is 0 Å². The van der Waals surface area contributed by atoms with Gasteiger partial charge in [0, 0.05) is 25.7 Å². The second-order valence-electron chi connectivity index (χ2n) is 7.39. The van der Waals surface area contributed by atoms with Crippen molar-refractivity contribution in [1.29, 1.82) is 0 Å². The van der Waals surface area contributed by atoms with E-state index >= 15 is 0 Å². The first-order valence-corrected chi connectivity index (χ1v) is 8.05. The molecule has 1 heterocycles. The van der Waals surface area contributed by atoms with Crippen molar-refractivity contribution < 1.29 is 4.79 Å². The Hall–Kier alpha value is -0.610. The van der Waals surface area contributed by atoms with Gasteiger partial charge in [-0.2, -0.15) is 0 Å².